The molecule has 0 aliphatic carbocycles. The van der Waals surface area contributed by atoms with Crippen LogP contribution in [0.1, 0.15) is 46.8 Å². The number of nitrogens with zero attached hydrogens (tertiary/aromatic N) is 2. The van der Waals surface area contributed by atoms with Crippen molar-refractivity contribution in [2.24, 2.45) is 5.73 Å². The minimum Gasteiger partial charge on any atom is -0.334 e. The number of hydroxylamine groups is 2. The number of halogens is 4. The highest BCUT2D eigenvalue weighted by atomic mass is 35.5. The molecule has 1 saturated heterocycles. The first kappa shape index (κ1) is 35.5. The van der Waals surface area contributed by atoms with Crippen LogP contribution in [0.4, 0.5) is 23.7 Å². The van der Waals surface area contributed by atoms with E-state index in [1.807, 2.05) is 0 Å². The second kappa shape index (κ2) is 15.0. The van der Waals surface area contributed by atoms with Crippen LogP contribution in [0.5, 0.6) is 0 Å². The van der Waals surface area contributed by atoms with E-state index in [1.165, 1.54) is 17.9 Å². The van der Waals surface area contributed by atoms with Crippen LogP contribution in [0.2, 0.25) is 5.02 Å². The van der Waals surface area contributed by atoms with E-state index >= 15 is 0 Å². The maximum Gasteiger partial charge on any atom is 0.493 e. The Kier molecular flexibility index (Phi) is 11.4. The van der Waals surface area contributed by atoms with Gasteiger partial charge in [-0.05, 0) is 60.4 Å². The fraction of sp³-hybridized carbons (Fsp3) is 0.379. The number of hydrogen-bond donors (Lipinski definition) is 4. The van der Waals surface area contributed by atoms with E-state index < -0.39 is 48.0 Å². The van der Waals surface area contributed by atoms with Crippen LogP contribution < -0.4 is 21.7 Å². The van der Waals surface area contributed by atoms with Crippen molar-refractivity contribution in [2.75, 3.05) is 16.9 Å². The monoisotopic (exact) mass is 698 g/mol. The lowest BCUT2D eigenvalue weighted by Crippen LogP contribution is -2.52. The van der Waals surface area contributed by atoms with Gasteiger partial charge in [-0.3, -0.25) is 24.5 Å². The third-order valence-corrected chi connectivity index (χ3v) is 8.40. The van der Waals surface area contributed by atoms with Crippen LogP contribution in [0.25, 0.3) is 0 Å². The number of piperidine rings is 1. The number of thioether (sulfide) groups is 1. The van der Waals surface area contributed by atoms with Crippen LogP contribution >= 0.6 is 23.4 Å². The Morgan fingerprint density at radius 3 is 2.60 bits per heavy atom. The number of amides is 6. The Labute approximate surface area is 275 Å². The Morgan fingerprint density at radius 2 is 1.94 bits per heavy atom. The number of aryl methyl sites for hydroxylation is 1. The van der Waals surface area contributed by atoms with Gasteiger partial charge in [0.05, 0.1) is 6.04 Å². The molecule has 13 nitrogen and oxygen atoms in total. The second-order valence-electron chi connectivity index (χ2n) is 10.7. The minimum atomic E-state index is -5.28. The predicted molar refractivity (Wildman–Crippen MR) is 163 cm³/mol. The summed E-state index contributed by atoms with van der Waals surface area (Å²) in [4.78, 5) is 78.0. The lowest BCUT2D eigenvalue weighted by Gasteiger charge is -2.29. The van der Waals surface area contributed by atoms with Crippen molar-refractivity contribution in [2.45, 2.75) is 57.5 Å². The molecule has 0 bridgehead atoms. The molecule has 5 N–H and O–H groups in total. The van der Waals surface area contributed by atoms with Gasteiger partial charge in [-0.2, -0.15) is 18.2 Å². The minimum absolute atomic E-state index is 0.134. The van der Waals surface area contributed by atoms with Gasteiger partial charge in [-0.1, -0.05) is 29.8 Å². The van der Waals surface area contributed by atoms with E-state index in [0.717, 1.165) is 17.3 Å². The molecular formula is C29H30ClF3N6O7S. The first-order valence-electron chi connectivity index (χ1n) is 14.2. The molecule has 1 fully saturated rings. The Bertz CT molecular complexity index is 1590. The van der Waals surface area contributed by atoms with E-state index in [4.69, 9.17) is 17.3 Å². The van der Waals surface area contributed by atoms with E-state index in [2.05, 4.69) is 20.8 Å². The van der Waals surface area contributed by atoms with Crippen LogP contribution in [0, 0.1) is 0 Å². The molecular weight excluding hydrogens is 669 g/mol. The van der Waals surface area contributed by atoms with Crippen molar-refractivity contribution in [3.63, 3.8) is 0 Å². The molecule has 252 valence electrons. The lowest BCUT2D eigenvalue weighted by atomic mass is 10.0. The van der Waals surface area contributed by atoms with E-state index in [0.29, 0.717) is 33.8 Å². The largest absolute Gasteiger partial charge is 0.493 e. The number of carbonyl (C=O) groups excluding carboxylic acids is 6. The molecule has 0 saturated carbocycles. The molecule has 47 heavy (non-hydrogen) atoms. The molecule has 2 aromatic carbocycles. The predicted octanol–water partition coefficient (Wildman–Crippen LogP) is 2.85. The van der Waals surface area contributed by atoms with E-state index in [-0.39, 0.29) is 48.6 Å². The summed E-state index contributed by atoms with van der Waals surface area (Å²) < 4.78 is 37.7. The molecule has 2 heterocycles. The number of alkyl halides is 3. The molecule has 6 amide bonds. The number of urea groups is 1. The quantitative estimate of drug-likeness (QED) is 0.126. The standard InChI is InChI=1S/C29H30ClF3N6O7S/c1-15(34)25(42)39(46-27(44)29(31,32)33)14-47-9-8-17-3-4-19(11-21(17)30)36-28(45)35-12-16-2-5-20-18(10-16)13-38(26(20)43)22-6-7-23(40)37-24(22)41/h2-5,10-11,15,22H,6-9,12-14,34H2,1H3,(H2,35,36,45)(H,37,40,41)/t15-,22?/m0/s1. The number of benzene rings is 2. The second-order valence-corrected chi connectivity index (χ2v) is 12.2. The molecule has 0 aromatic heterocycles. The number of fused-ring (bicyclic) bond motifs is 1. The highest BCUT2D eigenvalue weighted by Crippen LogP contribution is 2.28. The molecule has 0 radical (unpaired) electrons. The van der Waals surface area contributed by atoms with Gasteiger partial charge < -0.3 is 26.1 Å². The number of carbonyl (C=O) groups is 6. The summed E-state index contributed by atoms with van der Waals surface area (Å²) in [6.07, 6.45) is -4.54. The van der Waals surface area contributed by atoms with Crippen molar-refractivity contribution in [1.82, 2.24) is 20.6 Å². The first-order chi connectivity index (χ1) is 22.1. The zero-order valence-electron chi connectivity index (χ0n) is 24.8. The summed E-state index contributed by atoms with van der Waals surface area (Å²) in [6.45, 7) is 1.58. The van der Waals surface area contributed by atoms with Crippen LogP contribution in [0.15, 0.2) is 36.4 Å². The molecule has 2 aliphatic rings. The van der Waals surface area contributed by atoms with Crippen molar-refractivity contribution in [1.29, 1.82) is 0 Å². The van der Waals surface area contributed by atoms with Crippen LogP contribution in [0.3, 0.4) is 0 Å². The Morgan fingerprint density at radius 1 is 1.19 bits per heavy atom. The highest BCUT2D eigenvalue weighted by Gasteiger charge is 2.43. The average molecular weight is 699 g/mol. The summed E-state index contributed by atoms with van der Waals surface area (Å²) in [5, 5.41) is 8.22. The third-order valence-electron chi connectivity index (χ3n) is 7.14. The van der Waals surface area contributed by atoms with Gasteiger partial charge in [0, 0.05) is 35.8 Å². The van der Waals surface area contributed by atoms with E-state index in [1.54, 1.807) is 30.3 Å². The third kappa shape index (κ3) is 9.14. The zero-order valence-corrected chi connectivity index (χ0v) is 26.4. The molecule has 2 aromatic rings. The van der Waals surface area contributed by atoms with Crippen LogP contribution in [-0.4, -0.2) is 75.5 Å². The smallest absolute Gasteiger partial charge is 0.334 e. The van der Waals surface area contributed by atoms with Crippen LogP contribution in [-0.2, 0) is 43.5 Å². The van der Waals surface area contributed by atoms with Gasteiger partial charge in [0.1, 0.15) is 11.9 Å². The van der Waals surface area contributed by atoms with Crippen molar-refractivity contribution in [3.05, 3.63) is 63.7 Å². The molecule has 2 atom stereocenters. The normalized spacial score (nSPS) is 16.7. The summed E-state index contributed by atoms with van der Waals surface area (Å²) in [7, 11) is 0. The van der Waals surface area contributed by atoms with Gasteiger partial charge in [-0.15, -0.1) is 11.8 Å². The number of hydrogen-bond acceptors (Lipinski definition) is 9. The fourth-order valence-electron chi connectivity index (χ4n) is 4.77. The van der Waals surface area contributed by atoms with Crippen molar-refractivity contribution < 1.29 is 46.8 Å². The number of nitrogens with two attached hydrogens (primary N) is 1. The zero-order chi connectivity index (χ0) is 34.5. The Balaban J connectivity index is 1.24. The van der Waals surface area contributed by atoms with Gasteiger partial charge >= 0.3 is 18.2 Å². The van der Waals surface area contributed by atoms with Gasteiger partial charge in [-0.25, -0.2) is 9.59 Å². The SMILES string of the molecule is C[C@H](N)C(=O)N(CSCCc1ccc(NC(=O)NCc2ccc3c(c2)CN(C2CCC(=O)NC2=O)C3=O)cc1Cl)OC(=O)C(F)(F)F. The summed E-state index contributed by atoms with van der Waals surface area (Å²) in [5.74, 6) is -4.80. The molecule has 4 rings (SSSR count). The molecule has 18 heteroatoms. The molecule has 0 spiro atoms. The number of imide groups is 1. The van der Waals surface area contributed by atoms with Crippen molar-refractivity contribution >= 4 is 64.7 Å². The van der Waals surface area contributed by atoms with Gasteiger partial charge in [0.2, 0.25) is 11.8 Å². The lowest BCUT2D eigenvalue weighted by molar-refractivity contribution is -0.234. The fourth-order valence-corrected chi connectivity index (χ4v) is 5.88. The average Bonchev–Trinajstić information content (AvgIpc) is 3.32. The van der Waals surface area contributed by atoms with Crippen molar-refractivity contribution in [3.8, 4) is 0 Å². The number of nitrogens with one attached hydrogen (secondary N) is 3. The summed E-state index contributed by atoms with van der Waals surface area (Å²) in [5.41, 5.74) is 8.35. The van der Waals surface area contributed by atoms with E-state index in [9.17, 15) is 41.9 Å². The first-order valence-corrected chi connectivity index (χ1v) is 15.7. The highest BCUT2D eigenvalue weighted by molar-refractivity contribution is 7.99. The van der Waals surface area contributed by atoms with Gasteiger partial charge in [0.15, 0.2) is 0 Å². The molecule has 2 aliphatic heterocycles. The maximum atomic E-state index is 12.9. The maximum absolute atomic E-state index is 12.9. The summed E-state index contributed by atoms with van der Waals surface area (Å²) >= 11 is 7.37. The summed E-state index contributed by atoms with van der Waals surface area (Å²) in [6, 6.07) is 7.43. The topological polar surface area (TPSA) is 180 Å². The molecule has 1 unspecified atom stereocenters. The Hall–Kier alpha value is -4.35. The number of rotatable bonds is 10. The number of anilines is 1. The van der Waals surface area contributed by atoms with Gasteiger partial charge in [0.25, 0.3) is 11.8 Å².